The van der Waals surface area contributed by atoms with Crippen LogP contribution < -0.4 is 10.6 Å². The monoisotopic (exact) mass is 277 g/mol. The summed E-state index contributed by atoms with van der Waals surface area (Å²) < 4.78 is 4.74. The second kappa shape index (κ2) is 5.31. The highest BCUT2D eigenvalue weighted by Gasteiger charge is 2.33. The molecule has 0 saturated carbocycles. The van der Waals surface area contributed by atoms with Gasteiger partial charge in [0.15, 0.2) is 5.82 Å². The Morgan fingerprint density at radius 2 is 2.20 bits per heavy atom. The number of hydrogen-bond donors (Lipinski definition) is 1. The summed E-state index contributed by atoms with van der Waals surface area (Å²) in [5.41, 5.74) is 7.15. The Bertz CT molecular complexity index is 508. The van der Waals surface area contributed by atoms with Crippen molar-refractivity contribution < 1.29 is 9.53 Å². The lowest BCUT2D eigenvalue weighted by Gasteiger charge is -2.27. The van der Waals surface area contributed by atoms with Crippen LogP contribution in [0.15, 0.2) is 12.3 Å². The van der Waals surface area contributed by atoms with E-state index in [0.29, 0.717) is 23.0 Å². The molecular formula is C15H23N3O2. The number of esters is 1. The molecule has 110 valence electrons. The van der Waals surface area contributed by atoms with E-state index in [-0.39, 0.29) is 5.41 Å². The molecule has 5 heteroatoms. The third-order valence-corrected chi connectivity index (χ3v) is 4.09. The van der Waals surface area contributed by atoms with Gasteiger partial charge in [0.25, 0.3) is 0 Å². The van der Waals surface area contributed by atoms with Crippen LogP contribution in [-0.4, -0.2) is 31.2 Å². The molecule has 5 nitrogen and oxygen atoms in total. The van der Waals surface area contributed by atoms with Crippen molar-refractivity contribution in [2.75, 3.05) is 30.8 Å². The first-order chi connectivity index (χ1) is 9.34. The number of nitrogen functional groups attached to an aromatic ring is 1. The van der Waals surface area contributed by atoms with Gasteiger partial charge in [-0.1, -0.05) is 20.8 Å². The highest BCUT2D eigenvalue weighted by atomic mass is 16.5. The van der Waals surface area contributed by atoms with E-state index in [1.807, 2.05) is 0 Å². The van der Waals surface area contributed by atoms with Crippen LogP contribution in [0.25, 0.3) is 0 Å². The van der Waals surface area contributed by atoms with Gasteiger partial charge in [-0.25, -0.2) is 9.78 Å². The first-order valence-corrected chi connectivity index (χ1v) is 6.92. The molecule has 2 heterocycles. The molecule has 2 rings (SSSR count). The Morgan fingerprint density at radius 3 is 2.75 bits per heavy atom. The average molecular weight is 277 g/mol. The summed E-state index contributed by atoms with van der Waals surface area (Å²) in [5, 5.41) is 0. The first kappa shape index (κ1) is 14.6. The van der Waals surface area contributed by atoms with Crippen molar-refractivity contribution in [3.8, 4) is 0 Å². The minimum absolute atomic E-state index is 0.267. The zero-order valence-electron chi connectivity index (χ0n) is 12.6. The molecule has 2 N–H and O–H groups in total. The number of aromatic nitrogens is 1. The van der Waals surface area contributed by atoms with E-state index in [0.717, 1.165) is 19.5 Å². The van der Waals surface area contributed by atoms with Crippen molar-refractivity contribution in [1.82, 2.24) is 4.98 Å². The zero-order chi connectivity index (χ0) is 14.9. The van der Waals surface area contributed by atoms with Gasteiger partial charge in [-0.15, -0.1) is 0 Å². The van der Waals surface area contributed by atoms with Crippen LogP contribution in [0.1, 0.15) is 37.6 Å². The van der Waals surface area contributed by atoms with Gasteiger partial charge < -0.3 is 15.4 Å². The summed E-state index contributed by atoms with van der Waals surface area (Å²) in [7, 11) is 1.35. The average Bonchev–Trinajstić information content (AvgIpc) is 2.87. The SMILES string of the molecule is COC(=O)c1ccnc(N2CCC(C(C)(C)C)C2)c1N. The van der Waals surface area contributed by atoms with Gasteiger partial charge in [0.2, 0.25) is 0 Å². The molecule has 1 aliphatic rings. The van der Waals surface area contributed by atoms with Crippen LogP contribution in [0.3, 0.4) is 0 Å². The van der Waals surface area contributed by atoms with Crippen LogP contribution in [0, 0.1) is 11.3 Å². The minimum atomic E-state index is -0.419. The Labute approximate surface area is 120 Å². The highest BCUT2D eigenvalue weighted by Crippen LogP contribution is 2.37. The summed E-state index contributed by atoms with van der Waals surface area (Å²) in [5.74, 6) is 0.878. The van der Waals surface area contributed by atoms with E-state index in [2.05, 4.69) is 30.7 Å². The number of carbonyl (C=O) groups excluding carboxylic acids is 1. The molecule has 1 fully saturated rings. The predicted octanol–water partition coefficient (Wildman–Crippen LogP) is 2.32. The Hall–Kier alpha value is -1.78. The Balaban J connectivity index is 2.25. The number of pyridine rings is 1. The fourth-order valence-electron chi connectivity index (χ4n) is 2.66. The van der Waals surface area contributed by atoms with Crippen LogP contribution >= 0.6 is 0 Å². The molecule has 1 saturated heterocycles. The van der Waals surface area contributed by atoms with Crippen molar-refractivity contribution in [3.05, 3.63) is 17.8 Å². The van der Waals surface area contributed by atoms with Crippen LogP contribution in [0.4, 0.5) is 11.5 Å². The van der Waals surface area contributed by atoms with Crippen LogP contribution in [0.5, 0.6) is 0 Å². The molecule has 0 bridgehead atoms. The summed E-state index contributed by atoms with van der Waals surface area (Å²) in [6.07, 6.45) is 2.73. The second-order valence-electron chi connectivity index (χ2n) is 6.39. The molecule has 1 aliphatic heterocycles. The lowest BCUT2D eigenvalue weighted by Crippen LogP contribution is -2.27. The molecule has 0 amide bonds. The Morgan fingerprint density at radius 1 is 1.50 bits per heavy atom. The topological polar surface area (TPSA) is 68.5 Å². The van der Waals surface area contributed by atoms with Crippen molar-refractivity contribution in [1.29, 1.82) is 0 Å². The summed E-state index contributed by atoms with van der Waals surface area (Å²) in [6, 6.07) is 1.60. The number of nitrogens with zero attached hydrogens (tertiary/aromatic N) is 2. The van der Waals surface area contributed by atoms with E-state index < -0.39 is 5.97 Å². The Kier molecular flexibility index (Phi) is 3.88. The molecule has 0 aliphatic carbocycles. The van der Waals surface area contributed by atoms with Crippen molar-refractivity contribution in [2.24, 2.45) is 11.3 Å². The van der Waals surface area contributed by atoms with Gasteiger partial charge >= 0.3 is 5.97 Å². The molecule has 20 heavy (non-hydrogen) atoms. The third kappa shape index (κ3) is 2.71. The first-order valence-electron chi connectivity index (χ1n) is 6.92. The molecular weight excluding hydrogens is 254 g/mol. The maximum absolute atomic E-state index is 11.7. The fourth-order valence-corrected chi connectivity index (χ4v) is 2.66. The number of carbonyl (C=O) groups is 1. The van der Waals surface area contributed by atoms with Gasteiger partial charge in [-0.05, 0) is 23.8 Å². The number of ether oxygens (including phenoxy) is 1. The minimum Gasteiger partial charge on any atom is -0.465 e. The predicted molar refractivity (Wildman–Crippen MR) is 79.8 cm³/mol. The van der Waals surface area contributed by atoms with E-state index in [9.17, 15) is 4.79 Å². The zero-order valence-corrected chi connectivity index (χ0v) is 12.6. The number of methoxy groups -OCH3 is 1. The van der Waals surface area contributed by atoms with Gasteiger partial charge in [0.1, 0.15) is 0 Å². The van der Waals surface area contributed by atoms with E-state index in [1.54, 1.807) is 12.3 Å². The lowest BCUT2D eigenvalue weighted by atomic mass is 9.80. The number of rotatable bonds is 2. The molecule has 1 aromatic rings. The number of anilines is 2. The second-order valence-corrected chi connectivity index (χ2v) is 6.39. The third-order valence-electron chi connectivity index (χ3n) is 4.09. The van der Waals surface area contributed by atoms with Gasteiger partial charge in [-0.2, -0.15) is 0 Å². The molecule has 0 aromatic carbocycles. The smallest absolute Gasteiger partial charge is 0.340 e. The van der Waals surface area contributed by atoms with Gasteiger partial charge in [-0.3, -0.25) is 0 Å². The summed E-state index contributed by atoms with van der Waals surface area (Å²) in [4.78, 5) is 18.2. The van der Waals surface area contributed by atoms with Crippen molar-refractivity contribution in [3.63, 3.8) is 0 Å². The number of hydrogen-bond acceptors (Lipinski definition) is 5. The van der Waals surface area contributed by atoms with E-state index in [4.69, 9.17) is 10.5 Å². The van der Waals surface area contributed by atoms with Crippen LogP contribution in [-0.2, 0) is 4.74 Å². The molecule has 1 atom stereocenters. The standard InChI is InChI=1S/C15H23N3O2/c1-15(2,3)10-6-8-18(9-10)13-12(16)11(5-7-17-13)14(19)20-4/h5,7,10H,6,8-9,16H2,1-4H3. The molecule has 0 radical (unpaired) electrons. The van der Waals surface area contributed by atoms with Crippen molar-refractivity contribution in [2.45, 2.75) is 27.2 Å². The van der Waals surface area contributed by atoms with Crippen LogP contribution in [0.2, 0.25) is 0 Å². The lowest BCUT2D eigenvalue weighted by molar-refractivity contribution is 0.0602. The molecule has 1 aromatic heterocycles. The van der Waals surface area contributed by atoms with E-state index in [1.165, 1.54) is 7.11 Å². The molecule has 1 unspecified atom stereocenters. The summed E-state index contributed by atoms with van der Waals surface area (Å²) >= 11 is 0. The largest absolute Gasteiger partial charge is 0.465 e. The van der Waals surface area contributed by atoms with Gasteiger partial charge in [0.05, 0.1) is 18.4 Å². The van der Waals surface area contributed by atoms with Gasteiger partial charge in [0, 0.05) is 19.3 Å². The molecule has 0 spiro atoms. The van der Waals surface area contributed by atoms with E-state index >= 15 is 0 Å². The normalized spacial score (nSPS) is 19.2. The van der Waals surface area contributed by atoms with Crippen molar-refractivity contribution >= 4 is 17.5 Å². The number of nitrogens with two attached hydrogens (primary N) is 1. The summed E-state index contributed by atoms with van der Waals surface area (Å²) in [6.45, 7) is 8.60. The fraction of sp³-hybridized carbons (Fsp3) is 0.600. The maximum atomic E-state index is 11.7. The maximum Gasteiger partial charge on any atom is 0.340 e. The highest BCUT2D eigenvalue weighted by molar-refractivity contribution is 5.97. The quantitative estimate of drug-likeness (QED) is 0.840.